The van der Waals surface area contributed by atoms with Gasteiger partial charge in [0, 0.05) is 38.4 Å². The summed E-state index contributed by atoms with van der Waals surface area (Å²) in [5, 5.41) is 7.27. The molecular formula is C44H28N4. The number of benzene rings is 7. The summed E-state index contributed by atoms with van der Waals surface area (Å²) in [6, 6.07) is 60.1. The highest BCUT2D eigenvalue weighted by atomic mass is 15.1. The lowest BCUT2D eigenvalue weighted by molar-refractivity contribution is 1.05. The topological polar surface area (TPSA) is 35.1 Å². The monoisotopic (exact) mass is 612 g/mol. The van der Waals surface area contributed by atoms with Crippen molar-refractivity contribution in [2.75, 3.05) is 0 Å². The van der Waals surface area contributed by atoms with Gasteiger partial charge >= 0.3 is 0 Å². The Morgan fingerprint density at radius 2 is 1.06 bits per heavy atom. The predicted octanol–water partition coefficient (Wildman–Crippen LogP) is 11.1. The van der Waals surface area contributed by atoms with Crippen LogP contribution < -0.4 is 0 Å². The molecule has 0 aliphatic rings. The van der Waals surface area contributed by atoms with Crippen molar-refractivity contribution >= 4 is 49.0 Å². The van der Waals surface area contributed by atoms with Crippen molar-refractivity contribution in [3.63, 3.8) is 0 Å². The Labute approximate surface area is 276 Å². The molecule has 0 spiro atoms. The molecule has 3 heterocycles. The van der Waals surface area contributed by atoms with Crippen LogP contribution in [0.3, 0.4) is 0 Å². The molecule has 3 aromatic heterocycles. The summed E-state index contributed by atoms with van der Waals surface area (Å²) in [5.74, 6) is 1.55. The van der Waals surface area contributed by atoms with Crippen molar-refractivity contribution in [2.45, 2.75) is 0 Å². The first-order valence-corrected chi connectivity index (χ1v) is 16.3. The van der Waals surface area contributed by atoms with Gasteiger partial charge in [0.1, 0.15) is 11.5 Å². The van der Waals surface area contributed by atoms with Gasteiger partial charge in [-0.25, -0.2) is 9.97 Å². The Morgan fingerprint density at radius 1 is 0.417 bits per heavy atom. The lowest BCUT2D eigenvalue weighted by Gasteiger charge is -2.14. The van der Waals surface area contributed by atoms with Gasteiger partial charge in [-0.15, -0.1) is 0 Å². The van der Waals surface area contributed by atoms with Crippen LogP contribution >= 0.6 is 0 Å². The molecule has 0 saturated heterocycles. The Hall–Kier alpha value is -6.52. The van der Waals surface area contributed by atoms with Crippen LogP contribution in [0.1, 0.15) is 0 Å². The zero-order valence-corrected chi connectivity index (χ0v) is 26.0. The second-order valence-corrected chi connectivity index (χ2v) is 12.2. The molecule has 10 aromatic rings. The summed E-state index contributed by atoms with van der Waals surface area (Å²) in [7, 11) is 0. The first-order valence-electron chi connectivity index (χ1n) is 16.3. The lowest BCUT2D eigenvalue weighted by Crippen LogP contribution is -2.03. The second kappa shape index (κ2) is 10.5. The number of aromatic nitrogens is 4. The van der Waals surface area contributed by atoms with E-state index in [1.54, 1.807) is 0 Å². The van der Waals surface area contributed by atoms with E-state index in [2.05, 4.69) is 161 Å². The SMILES string of the molecule is c1ccc(-c2nc(-c3cccc(-n4c5ccccc5c5c6ccccc6ccc54)c3)n3c(-c4ccccc4)c4ccccc4c3n2)cc1. The van der Waals surface area contributed by atoms with Crippen LogP contribution in [-0.4, -0.2) is 18.9 Å². The summed E-state index contributed by atoms with van der Waals surface area (Å²) >= 11 is 0. The average molecular weight is 613 g/mol. The molecule has 224 valence electrons. The molecule has 48 heavy (non-hydrogen) atoms. The minimum atomic E-state index is 0.703. The molecule has 0 atom stereocenters. The molecule has 0 fully saturated rings. The van der Waals surface area contributed by atoms with Crippen molar-refractivity contribution in [1.29, 1.82) is 0 Å². The van der Waals surface area contributed by atoms with Crippen LogP contribution in [0.5, 0.6) is 0 Å². The first-order chi connectivity index (χ1) is 23.8. The number of rotatable bonds is 4. The van der Waals surface area contributed by atoms with Crippen molar-refractivity contribution in [2.24, 2.45) is 0 Å². The highest BCUT2D eigenvalue weighted by molar-refractivity contribution is 6.21. The fraction of sp³-hybridized carbons (Fsp3) is 0. The second-order valence-electron chi connectivity index (χ2n) is 12.2. The highest BCUT2D eigenvalue weighted by Crippen LogP contribution is 2.40. The maximum absolute atomic E-state index is 5.35. The molecule has 0 aliphatic carbocycles. The van der Waals surface area contributed by atoms with Crippen molar-refractivity contribution in [3.05, 3.63) is 170 Å². The van der Waals surface area contributed by atoms with Gasteiger partial charge < -0.3 is 4.57 Å². The van der Waals surface area contributed by atoms with Crippen LogP contribution in [0, 0.1) is 0 Å². The zero-order valence-electron chi connectivity index (χ0n) is 26.0. The van der Waals surface area contributed by atoms with E-state index in [0.717, 1.165) is 50.3 Å². The Balaban J connectivity index is 1.30. The standard InChI is InChI=1S/C44H28N4/c1-3-15-30(16-4-1)41-35-22-9-10-23-36(35)44-46-42(31-17-5-2-6-18-31)45-43(48(41)44)32-19-13-20-33(28-32)47-38-25-12-11-24-37(38)40-34-21-8-7-14-29(34)26-27-39(40)47/h1-28H. The number of para-hydroxylation sites is 1. The van der Waals surface area contributed by atoms with Crippen LogP contribution in [-0.2, 0) is 0 Å². The van der Waals surface area contributed by atoms with E-state index in [1.807, 2.05) is 18.2 Å². The zero-order chi connectivity index (χ0) is 31.6. The molecule has 0 bridgehead atoms. The van der Waals surface area contributed by atoms with E-state index in [4.69, 9.17) is 9.97 Å². The third-order valence-corrected chi connectivity index (χ3v) is 9.50. The van der Waals surface area contributed by atoms with Crippen LogP contribution in [0.25, 0.3) is 88.7 Å². The Kier molecular flexibility index (Phi) is 5.84. The van der Waals surface area contributed by atoms with E-state index in [1.165, 1.54) is 32.6 Å². The van der Waals surface area contributed by atoms with Gasteiger partial charge in [0.05, 0.1) is 16.7 Å². The molecule has 7 aromatic carbocycles. The van der Waals surface area contributed by atoms with Crippen LogP contribution in [0.15, 0.2) is 170 Å². The van der Waals surface area contributed by atoms with Crippen molar-refractivity contribution < 1.29 is 0 Å². The molecule has 0 saturated carbocycles. The summed E-state index contributed by atoms with van der Waals surface area (Å²) < 4.78 is 4.65. The highest BCUT2D eigenvalue weighted by Gasteiger charge is 2.22. The summed E-state index contributed by atoms with van der Waals surface area (Å²) in [5.41, 5.74) is 8.54. The van der Waals surface area contributed by atoms with Gasteiger partial charge in [-0.3, -0.25) is 4.40 Å². The third kappa shape index (κ3) is 3.96. The lowest BCUT2D eigenvalue weighted by atomic mass is 10.0. The fourth-order valence-corrected chi connectivity index (χ4v) is 7.42. The van der Waals surface area contributed by atoms with E-state index in [0.29, 0.717) is 5.82 Å². The molecule has 0 N–H and O–H groups in total. The maximum Gasteiger partial charge on any atom is 0.163 e. The molecule has 0 amide bonds. The van der Waals surface area contributed by atoms with Gasteiger partial charge in [-0.05, 0) is 40.6 Å². The van der Waals surface area contributed by atoms with Gasteiger partial charge in [0.2, 0.25) is 0 Å². The van der Waals surface area contributed by atoms with Crippen molar-refractivity contribution in [3.8, 4) is 39.7 Å². The van der Waals surface area contributed by atoms with Crippen LogP contribution in [0.4, 0.5) is 0 Å². The average Bonchev–Trinajstić information content (AvgIpc) is 3.69. The number of fused-ring (bicyclic) bond motifs is 8. The van der Waals surface area contributed by atoms with Crippen molar-refractivity contribution in [1.82, 2.24) is 18.9 Å². The van der Waals surface area contributed by atoms with Gasteiger partial charge in [-0.2, -0.15) is 0 Å². The van der Waals surface area contributed by atoms with Crippen LogP contribution in [0.2, 0.25) is 0 Å². The molecular weight excluding hydrogens is 585 g/mol. The minimum absolute atomic E-state index is 0.703. The molecule has 10 rings (SSSR count). The fourth-order valence-electron chi connectivity index (χ4n) is 7.42. The number of hydrogen-bond acceptors (Lipinski definition) is 2. The largest absolute Gasteiger partial charge is 0.309 e. The first kappa shape index (κ1) is 26.7. The van der Waals surface area contributed by atoms with Gasteiger partial charge in [0.25, 0.3) is 0 Å². The van der Waals surface area contributed by atoms with E-state index in [9.17, 15) is 0 Å². The normalized spacial score (nSPS) is 11.8. The molecule has 4 heteroatoms. The summed E-state index contributed by atoms with van der Waals surface area (Å²) in [4.78, 5) is 10.6. The summed E-state index contributed by atoms with van der Waals surface area (Å²) in [6.45, 7) is 0. The summed E-state index contributed by atoms with van der Waals surface area (Å²) in [6.07, 6.45) is 0. The Morgan fingerprint density at radius 3 is 1.88 bits per heavy atom. The van der Waals surface area contributed by atoms with Gasteiger partial charge in [-0.1, -0.05) is 146 Å². The molecule has 0 radical (unpaired) electrons. The Bertz CT molecular complexity index is 2830. The van der Waals surface area contributed by atoms with E-state index >= 15 is 0 Å². The predicted molar refractivity (Wildman–Crippen MR) is 199 cm³/mol. The minimum Gasteiger partial charge on any atom is -0.309 e. The van der Waals surface area contributed by atoms with E-state index < -0.39 is 0 Å². The quantitative estimate of drug-likeness (QED) is 0.198. The molecule has 0 aliphatic heterocycles. The maximum atomic E-state index is 5.35. The molecule has 4 nitrogen and oxygen atoms in total. The smallest absolute Gasteiger partial charge is 0.163 e. The van der Waals surface area contributed by atoms with Gasteiger partial charge in [0.15, 0.2) is 5.82 Å². The van der Waals surface area contributed by atoms with E-state index in [-0.39, 0.29) is 0 Å². The molecule has 0 unspecified atom stereocenters. The third-order valence-electron chi connectivity index (χ3n) is 9.50. The number of hydrogen-bond donors (Lipinski definition) is 0. The number of nitrogens with zero attached hydrogens (tertiary/aromatic N) is 4.